The number of ether oxygens (including phenoxy) is 1. The molecule has 0 aliphatic carbocycles. The summed E-state index contributed by atoms with van der Waals surface area (Å²) >= 11 is 0. The van der Waals surface area contributed by atoms with E-state index in [9.17, 15) is 47.6 Å². The van der Waals surface area contributed by atoms with E-state index in [0.29, 0.717) is 0 Å². The maximum Gasteiger partial charge on any atom is 0.259 e. The Morgan fingerprint density at radius 1 is 0.780 bits per heavy atom. The van der Waals surface area contributed by atoms with Gasteiger partial charge in [-0.1, -0.05) is 0 Å². The first-order valence-electron chi connectivity index (χ1n) is 12.4. The smallest absolute Gasteiger partial charge is 0.259 e. The van der Waals surface area contributed by atoms with E-state index in [-0.39, 0.29) is 54.7 Å². The summed E-state index contributed by atoms with van der Waals surface area (Å²) in [7, 11) is 1.46. The zero-order chi connectivity index (χ0) is 29.2. The standard InChI is InChI=1S/C27H19F4N3O7/c1-33-13-4-11(30)9(28)2-7(13)16-18-19(26(40)32-25(18)39)17-8-3-10(29)12(31)5-14(8)34(21(17)20(16)33)27-24(38)23(37)22(36)15(6-35)41-27/h2-5,15,22-24,27,35-38H,6H2,1H3,(H,32,39,40)/t15-,22-,23+,24-,27-/m1/s1. The molecule has 4 heterocycles. The average molecular weight is 573 g/mol. The Balaban J connectivity index is 1.77. The Labute approximate surface area is 225 Å². The van der Waals surface area contributed by atoms with Crippen molar-refractivity contribution < 1.29 is 52.3 Å². The van der Waals surface area contributed by atoms with Crippen molar-refractivity contribution in [2.24, 2.45) is 7.05 Å². The van der Waals surface area contributed by atoms with E-state index in [1.54, 1.807) is 0 Å². The number of nitrogens with zero attached hydrogens (tertiary/aromatic N) is 2. The lowest BCUT2D eigenvalue weighted by Crippen LogP contribution is -2.56. The van der Waals surface area contributed by atoms with Gasteiger partial charge in [-0.05, 0) is 12.1 Å². The average Bonchev–Trinajstić information content (AvgIpc) is 3.50. The van der Waals surface area contributed by atoms with Crippen molar-refractivity contribution in [3.8, 4) is 0 Å². The fourth-order valence-corrected chi connectivity index (χ4v) is 6.24. The second-order valence-corrected chi connectivity index (χ2v) is 10.2. The van der Waals surface area contributed by atoms with Crippen LogP contribution < -0.4 is 5.32 Å². The number of aliphatic hydroxyl groups excluding tert-OH is 4. The number of carbonyl (C=O) groups excluding carboxylic acids is 2. The molecule has 2 aliphatic rings. The summed E-state index contributed by atoms with van der Waals surface area (Å²) in [4.78, 5) is 26.3. The van der Waals surface area contributed by atoms with Gasteiger partial charge in [0.1, 0.15) is 24.4 Å². The van der Waals surface area contributed by atoms with Crippen LogP contribution in [-0.4, -0.2) is 72.4 Å². The number of hydrogen-bond donors (Lipinski definition) is 5. The summed E-state index contributed by atoms with van der Waals surface area (Å²) in [6.07, 6.45) is -8.58. The fraction of sp³-hybridized carbons (Fsp3) is 0.259. The van der Waals surface area contributed by atoms with Gasteiger partial charge >= 0.3 is 0 Å². The summed E-state index contributed by atoms with van der Waals surface area (Å²) in [5, 5.41) is 43.8. The van der Waals surface area contributed by atoms with Gasteiger partial charge in [0.25, 0.3) is 11.8 Å². The molecule has 2 aliphatic heterocycles. The molecule has 14 heteroatoms. The second-order valence-electron chi connectivity index (χ2n) is 10.2. The van der Waals surface area contributed by atoms with Gasteiger partial charge < -0.3 is 34.3 Å². The molecule has 3 aromatic carbocycles. The molecule has 1 saturated heterocycles. The molecule has 212 valence electrons. The number of aromatic nitrogens is 2. The maximum atomic E-state index is 14.7. The molecule has 0 radical (unpaired) electrons. The zero-order valence-electron chi connectivity index (χ0n) is 20.8. The van der Waals surface area contributed by atoms with Crippen LogP contribution in [0.25, 0.3) is 43.6 Å². The van der Waals surface area contributed by atoms with Gasteiger partial charge in [0.15, 0.2) is 29.5 Å². The molecule has 2 aromatic heterocycles. The van der Waals surface area contributed by atoms with Gasteiger partial charge in [-0.3, -0.25) is 14.9 Å². The van der Waals surface area contributed by atoms with E-state index in [2.05, 4.69) is 5.32 Å². The molecular formula is C27H19F4N3O7. The molecule has 0 bridgehead atoms. The molecule has 5 atom stereocenters. The Kier molecular flexibility index (Phi) is 5.34. The molecule has 1 fully saturated rings. The first-order chi connectivity index (χ1) is 19.5. The highest BCUT2D eigenvalue weighted by molar-refractivity contribution is 6.39. The van der Waals surface area contributed by atoms with Gasteiger partial charge in [0.05, 0.1) is 39.8 Å². The third kappa shape index (κ3) is 3.18. The second kappa shape index (κ2) is 8.47. The summed E-state index contributed by atoms with van der Waals surface area (Å²) in [5.74, 6) is -6.80. The van der Waals surface area contributed by atoms with Crippen LogP contribution in [0.2, 0.25) is 0 Å². The van der Waals surface area contributed by atoms with Gasteiger partial charge in [-0.15, -0.1) is 0 Å². The van der Waals surface area contributed by atoms with Crippen LogP contribution in [0, 0.1) is 23.3 Å². The van der Waals surface area contributed by atoms with Crippen molar-refractivity contribution in [1.29, 1.82) is 0 Å². The molecule has 5 aromatic rings. The summed E-state index contributed by atoms with van der Waals surface area (Å²) < 4.78 is 66.6. The predicted molar refractivity (Wildman–Crippen MR) is 134 cm³/mol. The Hall–Kier alpha value is -4.08. The zero-order valence-corrected chi connectivity index (χ0v) is 20.8. The Morgan fingerprint density at radius 2 is 1.29 bits per heavy atom. The Morgan fingerprint density at radius 3 is 1.88 bits per heavy atom. The van der Waals surface area contributed by atoms with Crippen LogP contribution in [0.5, 0.6) is 0 Å². The summed E-state index contributed by atoms with van der Waals surface area (Å²) in [6, 6.07) is 3.30. The lowest BCUT2D eigenvalue weighted by Gasteiger charge is -2.41. The van der Waals surface area contributed by atoms with Crippen molar-refractivity contribution in [3.63, 3.8) is 0 Å². The van der Waals surface area contributed by atoms with Crippen LogP contribution in [0.3, 0.4) is 0 Å². The van der Waals surface area contributed by atoms with Gasteiger partial charge in [0, 0.05) is 40.7 Å². The number of rotatable bonds is 2. The van der Waals surface area contributed by atoms with Crippen LogP contribution in [0.1, 0.15) is 26.9 Å². The molecule has 41 heavy (non-hydrogen) atoms. The van der Waals surface area contributed by atoms with Gasteiger partial charge in [-0.2, -0.15) is 0 Å². The van der Waals surface area contributed by atoms with E-state index in [0.717, 1.165) is 28.8 Å². The number of benzene rings is 3. The van der Waals surface area contributed by atoms with Crippen LogP contribution >= 0.6 is 0 Å². The fourth-order valence-electron chi connectivity index (χ4n) is 6.24. The normalized spacial score (nSPS) is 24.8. The highest BCUT2D eigenvalue weighted by atomic mass is 19.2. The Bertz CT molecular complexity index is 2020. The van der Waals surface area contributed by atoms with Gasteiger partial charge in [0.2, 0.25) is 0 Å². The predicted octanol–water partition coefficient (Wildman–Crippen LogP) is 1.85. The number of imide groups is 1. The minimum atomic E-state index is -1.90. The summed E-state index contributed by atoms with van der Waals surface area (Å²) in [6.45, 7) is -0.796. The lowest BCUT2D eigenvalue weighted by molar-refractivity contribution is -0.249. The minimum absolute atomic E-state index is 0.0156. The molecule has 0 saturated carbocycles. The van der Waals surface area contributed by atoms with Crippen molar-refractivity contribution in [1.82, 2.24) is 14.5 Å². The van der Waals surface area contributed by atoms with Crippen molar-refractivity contribution in [3.05, 3.63) is 58.7 Å². The number of aryl methyl sites for hydroxylation is 1. The number of aliphatic hydroxyl groups is 4. The number of halogens is 4. The molecule has 10 nitrogen and oxygen atoms in total. The van der Waals surface area contributed by atoms with Crippen molar-refractivity contribution >= 4 is 55.4 Å². The maximum absolute atomic E-state index is 14.7. The van der Waals surface area contributed by atoms with Gasteiger partial charge in [-0.25, -0.2) is 17.6 Å². The van der Waals surface area contributed by atoms with Crippen molar-refractivity contribution in [2.45, 2.75) is 30.6 Å². The number of carbonyl (C=O) groups is 2. The highest BCUT2D eigenvalue weighted by Crippen LogP contribution is 2.47. The number of nitrogens with one attached hydrogen (secondary N) is 1. The molecule has 0 spiro atoms. The van der Waals surface area contributed by atoms with Crippen LogP contribution in [0.15, 0.2) is 24.3 Å². The number of fused-ring (bicyclic) bond motifs is 10. The minimum Gasteiger partial charge on any atom is -0.394 e. The monoisotopic (exact) mass is 573 g/mol. The topological polar surface area (TPSA) is 146 Å². The molecule has 5 N–H and O–H groups in total. The molecular weight excluding hydrogens is 554 g/mol. The molecule has 7 rings (SSSR count). The van der Waals surface area contributed by atoms with E-state index in [4.69, 9.17) is 4.74 Å². The van der Waals surface area contributed by atoms with Crippen LogP contribution in [0.4, 0.5) is 17.6 Å². The first kappa shape index (κ1) is 25.9. The SMILES string of the molecule is Cn1c2cc(F)c(F)cc2c2c3c(c4c5cc(F)c(F)cc5n([C@@H]5O[C@H](CO)[C@@H](O)[C@H](O)[C@H]5O)c4c21)C(=O)NC3=O. The largest absolute Gasteiger partial charge is 0.394 e. The number of hydrogen-bond acceptors (Lipinski definition) is 7. The number of amides is 2. The van der Waals surface area contributed by atoms with Crippen LogP contribution in [-0.2, 0) is 11.8 Å². The van der Waals surface area contributed by atoms with Crippen molar-refractivity contribution in [2.75, 3.05) is 6.61 Å². The third-order valence-corrected chi connectivity index (χ3v) is 8.06. The highest BCUT2D eigenvalue weighted by Gasteiger charge is 2.46. The molecule has 2 amide bonds. The molecule has 0 unspecified atom stereocenters. The lowest BCUT2D eigenvalue weighted by atomic mass is 9.96. The summed E-state index contributed by atoms with van der Waals surface area (Å²) in [5.41, 5.74) is -0.456. The quantitative estimate of drug-likeness (QED) is 0.160. The van der Waals surface area contributed by atoms with E-state index in [1.807, 2.05) is 0 Å². The third-order valence-electron chi connectivity index (χ3n) is 8.06. The van der Waals surface area contributed by atoms with E-state index >= 15 is 0 Å². The van der Waals surface area contributed by atoms with E-state index in [1.165, 1.54) is 11.6 Å². The first-order valence-corrected chi connectivity index (χ1v) is 12.4. The van der Waals surface area contributed by atoms with E-state index < -0.39 is 72.3 Å².